The van der Waals surface area contributed by atoms with Crippen molar-refractivity contribution in [3.05, 3.63) is 34.6 Å². The first kappa shape index (κ1) is 11.9. The van der Waals surface area contributed by atoms with Gasteiger partial charge in [0.2, 0.25) is 6.17 Å². The fourth-order valence-electron chi connectivity index (χ4n) is 1.03. The van der Waals surface area contributed by atoms with Crippen LogP contribution in [0.1, 0.15) is 11.7 Å². The van der Waals surface area contributed by atoms with Crippen molar-refractivity contribution in [2.24, 2.45) is 0 Å². The summed E-state index contributed by atoms with van der Waals surface area (Å²) in [5.74, 6) is -2.77. The SMILES string of the molecule is O=C(O)C(F)C(O)c1cc(Cl)ccc1F. The number of aliphatic carboxylic acids is 1. The second-order valence-electron chi connectivity index (χ2n) is 2.85. The molecule has 82 valence electrons. The molecular formula is C9H7ClF2O3. The van der Waals surface area contributed by atoms with E-state index in [0.717, 1.165) is 12.1 Å². The van der Waals surface area contributed by atoms with Gasteiger partial charge in [-0.15, -0.1) is 0 Å². The minimum absolute atomic E-state index is 0.0861. The highest BCUT2D eigenvalue weighted by Crippen LogP contribution is 2.25. The van der Waals surface area contributed by atoms with Gasteiger partial charge in [-0.05, 0) is 18.2 Å². The fraction of sp³-hybridized carbons (Fsp3) is 0.222. The van der Waals surface area contributed by atoms with Crippen LogP contribution in [-0.2, 0) is 4.79 Å². The molecule has 0 saturated heterocycles. The maximum absolute atomic E-state index is 13.1. The van der Waals surface area contributed by atoms with E-state index in [1.165, 1.54) is 6.07 Å². The fourth-order valence-corrected chi connectivity index (χ4v) is 1.21. The third-order valence-corrected chi connectivity index (χ3v) is 2.02. The minimum Gasteiger partial charge on any atom is -0.479 e. The highest BCUT2D eigenvalue weighted by atomic mass is 35.5. The van der Waals surface area contributed by atoms with Crippen LogP contribution >= 0.6 is 11.6 Å². The van der Waals surface area contributed by atoms with Crippen molar-refractivity contribution in [3.8, 4) is 0 Å². The molecule has 0 saturated carbocycles. The lowest BCUT2D eigenvalue weighted by molar-refractivity contribution is -0.147. The zero-order valence-electron chi connectivity index (χ0n) is 7.32. The van der Waals surface area contributed by atoms with E-state index in [0.29, 0.717) is 0 Å². The van der Waals surface area contributed by atoms with Gasteiger partial charge >= 0.3 is 5.97 Å². The molecule has 6 heteroatoms. The van der Waals surface area contributed by atoms with Gasteiger partial charge in [0.05, 0.1) is 0 Å². The number of aliphatic hydroxyl groups excluding tert-OH is 1. The van der Waals surface area contributed by atoms with Crippen molar-refractivity contribution in [3.63, 3.8) is 0 Å². The van der Waals surface area contributed by atoms with E-state index in [1.807, 2.05) is 0 Å². The van der Waals surface area contributed by atoms with E-state index < -0.39 is 29.6 Å². The number of alkyl halides is 1. The number of hydrogen-bond donors (Lipinski definition) is 2. The van der Waals surface area contributed by atoms with Crippen molar-refractivity contribution >= 4 is 17.6 Å². The van der Waals surface area contributed by atoms with Gasteiger partial charge < -0.3 is 10.2 Å². The number of hydrogen-bond acceptors (Lipinski definition) is 2. The van der Waals surface area contributed by atoms with Crippen molar-refractivity contribution < 1.29 is 23.8 Å². The lowest BCUT2D eigenvalue weighted by Crippen LogP contribution is -2.24. The molecule has 0 aliphatic heterocycles. The maximum atomic E-state index is 13.1. The Morgan fingerprint density at radius 1 is 1.47 bits per heavy atom. The van der Waals surface area contributed by atoms with Crippen molar-refractivity contribution in [1.82, 2.24) is 0 Å². The van der Waals surface area contributed by atoms with Gasteiger partial charge in [0.1, 0.15) is 11.9 Å². The van der Waals surface area contributed by atoms with Crippen LogP contribution in [0.2, 0.25) is 5.02 Å². The summed E-state index contributed by atoms with van der Waals surface area (Å²) in [6.07, 6.45) is -4.65. The molecule has 0 fully saturated rings. The third-order valence-electron chi connectivity index (χ3n) is 1.79. The average Bonchev–Trinajstić information content (AvgIpc) is 2.19. The summed E-state index contributed by atoms with van der Waals surface area (Å²) in [4.78, 5) is 10.2. The normalized spacial score (nSPS) is 14.7. The lowest BCUT2D eigenvalue weighted by Gasteiger charge is -2.13. The number of carboxylic acid groups (broad SMARTS) is 1. The Labute approximate surface area is 88.9 Å². The molecule has 3 nitrogen and oxygen atoms in total. The Kier molecular flexibility index (Phi) is 3.60. The van der Waals surface area contributed by atoms with E-state index in [2.05, 4.69) is 0 Å². The standard InChI is InChI=1S/C9H7ClF2O3/c10-4-1-2-6(11)5(3-4)8(13)7(12)9(14)15/h1-3,7-8,13H,(H,14,15). The Morgan fingerprint density at radius 2 is 2.07 bits per heavy atom. The first-order valence-electron chi connectivity index (χ1n) is 3.93. The topological polar surface area (TPSA) is 57.5 Å². The predicted molar refractivity (Wildman–Crippen MR) is 48.9 cm³/mol. The Bertz CT molecular complexity index is 384. The zero-order valence-corrected chi connectivity index (χ0v) is 8.08. The quantitative estimate of drug-likeness (QED) is 0.843. The molecule has 0 heterocycles. The molecule has 1 rings (SSSR count). The molecule has 1 aromatic carbocycles. The van der Waals surface area contributed by atoms with Crippen molar-refractivity contribution in [2.45, 2.75) is 12.3 Å². The number of rotatable bonds is 3. The average molecular weight is 237 g/mol. The summed E-state index contributed by atoms with van der Waals surface area (Å²) < 4.78 is 25.9. The Balaban J connectivity index is 3.04. The first-order chi connectivity index (χ1) is 6.93. The van der Waals surface area contributed by atoms with Gasteiger partial charge in [0.15, 0.2) is 0 Å². The van der Waals surface area contributed by atoms with Crippen molar-refractivity contribution in [2.75, 3.05) is 0 Å². The minimum atomic E-state index is -2.59. The molecule has 1 aromatic rings. The predicted octanol–water partition coefficient (Wildman–Crippen LogP) is 1.94. The van der Waals surface area contributed by atoms with E-state index in [-0.39, 0.29) is 5.02 Å². The van der Waals surface area contributed by atoms with Gasteiger partial charge in [-0.3, -0.25) is 0 Å². The molecule has 0 aliphatic carbocycles. The first-order valence-corrected chi connectivity index (χ1v) is 4.31. The molecule has 2 N–H and O–H groups in total. The highest BCUT2D eigenvalue weighted by Gasteiger charge is 2.29. The molecule has 0 spiro atoms. The van der Waals surface area contributed by atoms with Crippen LogP contribution < -0.4 is 0 Å². The molecule has 15 heavy (non-hydrogen) atoms. The van der Waals surface area contributed by atoms with E-state index in [1.54, 1.807) is 0 Å². The van der Waals surface area contributed by atoms with Crippen LogP contribution in [0.25, 0.3) is 0 Å². The number of aliphatic hydroxyl groups is 1. The summed E-state index contributed by atoms with van der Waals surface area (Å²) >= 11 is 5.50. The number of carbonyl (C=O) groups is 1. The van der Waals surface area contributed by atoms with E-state index >= 15 is 0 Å². The smallest absolute Gasteiger partial charge is 0.341 e. The van der Waals surface area contributed by atoms with Crippen LogP contribution in [0.3, 0.4) is 0 Å². The number of benzene rings is 1. The van der Waals surface area contributed by atoms with Crippen LogP contribution in [0.4, 0.5) is 8.78 Å². The lowest BCUT2D eigenvalue weighted by atomic mass is 10.0. The molecule has 0 amide bonds. The molecule has 0 aliphatic rings. The highest BCUT2D eigenvalue weighted by molar-refractivity contribution is 6.30. The molecular weight excluding hydrogens is 230 g/mol. The monoisotopic (exact) mass is 236 g/mol. The second-order valence-corrected chi connectivity index (χ2v) is 3.29. The summed E-state index contributed by atoms with van der Waals surface area (Å²) in [6, 6.07) is 3.12. The van der Waals surface area contributed by atoms with Crippen LogP contribution in [-0.4, -0.2) is 22.4 Å². The Morgan fingerprint density at radius 3 is 2.60 bits per heavy atom. The van der Waals surface area contributed by atoms with Crippen LogP contribution in [0.15, 0.2) is 18.2 Å². The van der Waals surface area contributed by atoms with Gasteiger partial charge in [-0.1, -0.05) is 11.6 Å². The molecule has 0 bridgehead atoms. The number of halogens is 3. The molecule has 2 atom stereocenters. The number of carboxylic acids is 1. The van der Waals surface area contributed by atoms with Gasteiger partial charge in [0, 0.05) is 10.6 Å². The summed E-state index contributed by atoms with van der Waals surface area (Å²) in [6.45, 7) is 0. The molecule has 0 radical (unpaired) electrons. The largest absolute Gasteiger partial charge is 0.479 e. The summed E-state index contributed by atoms with van der Waals surface area (Å²) in [5.41, 5.74) is -0.475. The van der Waals surface area contributed by atoms with Gasteiger partial charge in [-0.25, -0.2) is 13.6 Å². The Hall–Kier alpha value is -1.20. The molecule has 2 unspecified atom stereocenters. The van der Waals surface area contributed by atoms with Crippen molar-refractivity contribution in [1.29, 1.82) is 0 Å². The maximum Gasteiger partial charge on any atom is 0.341 e. The molecule has 0 aromatic heterocycles. The summed E-state index contributed by atoms with van der Waals surface area (Å²) in [7, 11) is 0. The van der Waals surface area contributed by atoms with E-state index in [9.17, 15) is 18.7 Å². The van der Waals surface area contributed by atoms with Gasteiger partial charge in [0.25, 0.3) is 0 Å². The third kappa shape index (κ3) is 2.64. The van der Waals surface area contributed by atoms with Gasteiger partial charge in [-0.2, -0.15) is 0 Å². The van der Waals surface area contributed by atoms with Crippen LogP contribution in [0, 0.1) is 5.82 Å². The summed E-state index contributed by atoms with van der Waals surface area (Å²) in [5, 5.41) is 17.6. The second kappa shape index (κ2) is 4.55. The van der Waals surface area contributed by atoms with Crippen LogP contribution in [0.5, 0.6) is 0 Å². The van der Waals surface area contributed by atoms with E-state index in [4.69, 9.17) is 16.7 Å². The zero-order chi connectivity index (χ0) is 11.6.